The molecule has 30 heavy (non-hydrogen) atoms. The zero-order chi connectivity index (χ0) is 21.8. The second kappa shape index (κ2) is 9.16. The van der Waals surface area contributed by atoms with Gasteiger partial charge in [0.2, 0.25) is 5.91 Å². The number of methoxy groups -OCH3 is 1. The van der Waals surface area contributed by atoms with Gasteiger partial charge < -0.3 is 14.4 Å². The van der Waals surface area contributed by atoms with Crippen molar-refractivity contribution in [2.45, 2.75) is 52.7 Å². The van der Waals surface area contributed by atoms with Crippen LogP contribution in [-0.2, 0) is 20.9 Å². The molecule has 0 fully saturated rings. The lowest BCUT2D eigenvalue weighted by Crippen LogP contribution is -2.38. The molecule has 1 amide bonds. The summed E-state index contributed by atoms with van der Waals surface area (Å²) < 4.78 is 10.9. The van der Waals surface area contributed by atoms with Crippen molar-refractivity contribution in [3.63, 3.8) is 0 Å². The lowest BCUT2D eigenvalue weighted by atomic mass is 9.83. The first kappa shape index (κ1) is 21.6. The molecule has 1 aliphatic rings. The summed E-state index contributed by atoms with van der Waals surface area (Å²) in [6.07, 6.45) is -0.0367. The molecule has 0 spiro atoms. The maximum absolute atomic E-state index is 13.1. The van der Waals surface area contributed by atoms with Crippen LogP contribution in [0, 0.1) is 6.92 Å². The first-order valence-corrected chi connectivity index (χ1v) is 10.2. The molecule has 0 aromatic heterocycles. The average Bonchev–Trinajstić information content (AvgIpc) is 2.70. The highest BCUT2D eigenvalue weighted by molar-refractivity contribution is 5.96. The van der Waals surface area contributed by atoms with Gasteiger partial charge in [0.25, 0.3) is 0 Å². The van der Waals surface area contributed by atoms with Crippen LogP contribution in [0.5, 0.6) is 5.75 Å². The summed E-state index contributed by atoms with van der Waals surface area (Å²) in [4.78, 5) is 27.9. The van der Waals surface area contributed by atoms with Crippen molar-refractivity contribution in [2.24, 2.45) is 0 Å². The Morgan fingerprint density at radius 1 is 1.13 bits per heavy atom. The molecule has 2 aromatic carbocycles. The molecule has 5 nitrogen and oxygen atoms in total. The van der Waals surface area contributed by atoms with Crippen molar-refractivity contribution in [1.82, 2.24) is 4.90 Å². The lowest BCUT2D eigenvalue weighted by molar-refractivity contribution is -0.143. The van der Waals surface area contributed by atoms with E-state index >= 15 is 0 Å². The number of benzene rings is 2. The van der Waals surface area contributed by atoms with Gasteiger partial charge in [0, 0.05) is 18.0 Å². The molecule has 0 saturated heterocycles. The predicted molar refractivity (Wildman–Crippen MR) is 116 cm³/mol. The predicted octanol–water partition coefficient (Wildman–Crippen LogP) is 4.75. The van der Waals surface area contributed by atoms with Gasteiger partial charge in [0.15, 0.2) is 0 Å². The standard InChI is InChI=1S/C25H29NO4/c1-16(2)30-25(28)24-18(4)26(15-19-9-6-8-17(3)12-19)23(27)14-22(24)20-10-7-11-21(13-20)29-5/h6-13,16,22H,14-15H2,1-5H3. The monoisotopic (exact) mass is 407 g/mol. The number of hydrogen-bond donors (Lipinski definition) is 0. The van der Waals surface area contributed by atoms with Gasteiger partial charge in [-0.25, -0.2) is 4.79 Å². The summed E-state index contributed by atoms with van der Waals surface area (Å²) in [5.74, 6) is -0.0658. The quantitative estimate of drug-likeness (QED) is 0.649. The average molecular weight is 408 g/mol. The number of ether oxygens (including phenoxy) is 2. The summed E-state index contributed by atoms with van der Waals surface area (Å²) >= 11 is 0. The Bertz CT molecular complexity index is 977. The van der Waals surface area contributed by atoms with Crippen molar-refractivity contribution in [2.75, 3.05) is 7.11 Å². The van der Waals surface area contributed by atoms with Crippen LogP contribution in [0.3, 0.4) is 0 Å². The van der Waals surface area contributed by atoms with Crippen molar-refractivity contribution >= 4 is 11.9 Å². The highest BCUT2D eigenvalue weighted by atomic mass is 16.5. The van der Waals surface area contributed by atoms with E-state index in [9.17, 15) is 9.59 Å². The fourth-order valence-corrected chi connectivity index (χ4v) is 3.88. The molecule has 0 N–H and O–H groups in total. The minimum absolute atomic E-state index is 0.0112. The third-order valence-corrected chi connectivity index (χ3v) is 5.30. The Kier molecular flexibility index (Phi) is 6.60. The fourth-order valence-electron chi connectivity index (χ4n) is 3.88. The van der Waals surface area contributed by atoms with E-state index in [2.05, 4.69) is 6.07 Å². The molecule has 0 bridgehead atoms. The van der Waals surface area contributed by atoms with Crippen LogP contribution >= 0.6 is 0 Å². The number of aryl methyl sites for hydroxylation is 1. The molecular formula is C25H29NO4. The minimum Gasteiger partial charge on any atom is -0.497 e. The van der Waals surface area contributed by atoms with Crippen LogP contribution in [0.4, 0.5) is 0 Å². The molecule has 0 saturated carbocycles. The molecule has 0 radical (unpaired) electrons. The van der Waals surface area contributed by atoms with E-state index in [1.807, 2.05) is 70.2 Å². The number of allylic oxidation sites excluding steroid dienone is 1. The maximum Gasteiger partial charge on any atom is 0.336 e. The summed E-state index contributed by atoms with van der Waals surface area (Å²) in [6.45, 7) is 7.93. The number of carbonyl (C=O) groups is 2. The topological polar surface area (TPSA) is 55.8 Å². The first-order valence-electron chi connectivity index (χ1n) is 10.2. The van der Waals surface area contributed by atoms with Crippen LogP contribution in [0.2, 0.25) is 0 Å². The number of hydrogen-bond acceptors (Lipinski definition) is 4. The molecule has 2 aromatic rings. The van der Waals surface area contributed by atoms with E-state index in [1.165, 1.54) is 0 Å². The molecule has 5 heteroatoms. The summed E-state index contributed by atoms with van der Waals surface area (Å²) in [5.41, 5.74) is 4.20. The van der Waals surface area contributed by atoms with Crippen LogP contribution in [0.25, 0.3) is 0 Å². The van der Waals surface area contributed by atoms with E-state index in [1.54, 1.807) is 12.0 Å². The van der Waals surface area contributed by atoms with E-state index < -0.39 is 0 Å². The Balaban J connectivity index is 2.05. The Morgan fingerprint density at radius 2 is 1.87 bits per heavy atom. The molecular weight excluding hydrogens is 378 g/mol. The molecule has 3 rings (SSSR count). The molecule has 1 aliphatic heterocycles. The largest absolute Gasteiger partial charge is 0.497 e. The summed E-state index contributed by atoms with van der Waals surface area (Å²) in [5, 5.41) is 0. The number of esters is 1. The third kappa shape index (κ3) is 4.73. The van der Waals surface area contributed by atoms with Crippen molar-refractivity contribution in [3.05, 3.63) is 76.5 Å². The van der Waals surface area contributed by atoms with Crippen molar-refractivity contribution < 1.29 is 19.1 Å². The number of nitrogens with zero attached hydrogens (tertiary/aromatic N) is 1. The number of rotatable bonds is 6. The van der Waals surface area contributed by atoms with Gasteiger partial charge in [-0.1, -0.05) is 42.0 Å². The third-order valence-electron chi connectivity index (χ3n) is 5.30. The summed E-state index contributed by atoms with van der Waals surface area (Å²) in [6, 6.07) is 15.6. The van der Waals surface area contributed by atoms with Crippen molar-refractivity contribution in [3.8, 4) is 5.75 Å². The Labute approximate surface area is 178 Å². The minimum atomic E-state index is -0.378. The highest BCUT2D eigenvalue weighted by Crippen LogP contribution is 2.38. The second-order valence-electron chi connectivity index (χ2n) is 7.96. The van der Waals surface area contributed by atoms with Gasteiger partial charge >= 0.3 is 5.97 Å². The summed E-state index contributed by atoms with van der Waals surface area (Å²) in [7, 11) is 1.60. The first-order chi connectivity index (χ1) is 14.3. The molecule has 1 unspecified atom stereocenters. The lowest BCUT2D eigenvalue weighted by Gasteiger charge is -2.35. The second-order valence-corrected chi connectivity index (χ2v) is 7.96. The van der Waals surface area contributed by atoms with E-state index in [0.29, 0.717) is 23.6 Å². The molecule has 158 valence electrons. The zero-order valence-corrected chi connectivity index (χ0v) is 18.3. The van der Waals surface area contributed by atoms with Crippen LogP contribution in [-0.4, -0.2) is 30.0 Å². The van der Waals surface area contributed by atoms with Gasteiger partial charge in [-0.2, -0.15) is 0 Å². The van der Waals surface area contributed by atoms with Gasteiger partial charge in [0.05, 0.1) is 25.3 Å². The Hall–Kier alpha value is -3.08. The van der Waals surface area contributed by atoms with Crippen LogP contribution < -0.4 is 4.74 Å². The van der Waals surface area contributed by atoms with E-state index in [0.717, 1.165) is 16.7 Å². The smallest absolute Gasteiger partial charge is 0.336 e. The number of carbonyl (C=O) groups excluding carboxylic acids is 2. The maximum atomic E-state index is 13.1. The van der Waals surface area contributed by atoms with Crippen LogP contribution in [0.15, 0.2) is 59.8 Å². The fraction of sp³-hybridized carbons (Fsp3) is 0.360. The van der Waals surface area contributed by atoms with Gasteiger partial charge in [-0.05, 0) is 51.0 Å². The van der Waals surface area contributed by atoms with Crippen molar-refractivity contribution in [1.29, 1.82) is 0 Å². The molecule has 0 aliphatic carbocycles. The molecule has 1 atom stereocenters. The van der Waals surface area contributed by atoms with Gasteiger partial charge in [0.1, 0.15) is 5.75 Å². The number of amides is 1. The van der Waals surface area contributed by atoms with E-state index in [4.69, 9.17) is 9.47 Å². The normalized spacial score (nSPS) is 16.8. The van der Waals surface area contributed by atoms with Crippen LogP contribution in [0.1, 0.15) is 49.8 Å². The van der Waals surface area contributed by atoms with E-state index in [-0.39, 0.29) is 30.3 Å². The van der Waals surface area contributed by atoms with Gasteiger partial charge in [-0.15, -0.1) is 0 Å². The SMILES string of the molecule is COc1cccc(C2CC(=O)N(Cc3cccc(C)c3)C(C)=C2C(=O)OC(C)C)c1. The Morgan fingerprint density at radius 3 is 2.53 bits per heavy atom. The van der Waals surface area contributed by atoms with Gasteiger partial charge in [-0.3, -0.25) is 4.79 Å². The highest BCUT2D eigenvalue weighted by Gasteiger charge is 2.37. The molecule has 1 heterocycles. The zero-order valence-electron chi connectivity index (χ0n) is 18.3.